The fraction of sp³-hybridized carbons (Fsp3) is 0.526. The Hall–Kier alpha value is -2.01. The van der Waals surface area contributed by atoms with Crippen LogP contribution in [-0.4, -0.2) is 51.2 Å². The molecule has 2 heterocycles. The Bertz CT molecular complexity index is 619. The molecule has 24 heavy (non-hydrogen) atoms. The highest BCUT2D eigenvalue weighted by Crippen LogP contribution is 2.36. The monoisotopic (exact) mass is 330 g/mol. The normalized spacial score (nSPS) is 17.8. The molecule has 0 saturated carbocycles. The average Bonchev–Trinajstić information content (AvgIpc) is 2.65. The molecule has 1 fully saturated rings. The molecule has 0 bridgehead atoms. The minimum Gasteiger partial charge on any atom is -0.493 e. The van der Waals surface area contributed by atoms with Crippen molar-refractivity contribution >= 4 is 12.0 Å². The van der Waals surface area contributed by atoms with E-state index in [-0.39, 0.29) is 5.91 Å². The van der Waals surface area contributed by atoms with Crippen molar-refractivity contribution in [3.05, 3.63) is 29.3 Å². The molecule has 1 aromatic rings. The van der Waals surface area contributed by atoms with Crippen LogP contribution in [0, 0.1) is 5.92 Å². The molecule has 1 N–H and O–H groups in total. The Morgan fingerprint density at radius 3 is 2.88 bits per heavy atom. The summed E-state index contributed by atoms with van der Waals surface area (Å²) in [6.07, 6.45) is 5.31. The number of ether oxygens (including phenoxy) is 2. The van der Waals surface area contributed by atoms with Crippen LogP contribution in [0.15, 0.2) is 23.8 Å². The van der Waals surface area contributed by atoms with Crippen molar-refractivity contribution in [1.82, 2.24) is 10.2 Å². The Kier molecular flexibility index (Phi) is 5.41. The van der Waals surface area contributed by atoms with Gasteiger partial charge in [0.25, 0.3) is 5.91 Å². The molecule has 1 amide bonds. The maximum Gasteiger partial charge on any atom is 0.253 e. The van der Waals surface area contributed by atoms with E-state index in [1.165, 1.54) is 6.42 Å². The summed E-state index contributed by atoms with van der Waals surface area (Å²) in [5.74, 6) is 2.27. The molecular formula is C19H26N2O3. The summed E-state index contributed by atoms with van der Waals surface area (Å²) < 4.78 is 11.1. The van der Waals surface area contributed by atoms with Crippen LogP contribution in [-0.2, 0) is 4.79 Å². The number of benzene rings is 1. The van der Waals surface area contributed by atoms with Crippen LogP contribution < -0.4 is 14.8 Å². The van der Waals surface area contributed by atoms with Gasteiger partial charge in [0.15, 0.2) is 11.5 Å². The minimum absolute atomic E-state index is 0.107. The number of nitrogens with one attached hydrogen (secondary N) is 1. The van der Waals surface area contributed by atoms with Gasteiger partial charge in [0.05, 0.1) is 12.7 Å². The maximum atomic E-state index is 12.8. The molecule has 0 aromatic heterocycles. The van der Waals surface area contributed by atoms with Crippen LogP contribution in [0.1, 0.15) is 24.8 Å². The molecule has 2 aliphatic rings. The third kappa shape index (κ3) is 3.56. The van der Waals surface area contributed by atoms with Gasteiger partial charge in [0, 0.05) is 18.7 Å². The van der Waals surface area contributed by atoms with Crippen molar-refractivity contribution < 1.29 is 14.3 Å². The number of rotatable bonds is 5. The Morgan fingerprint density at radius 1 is 1.38 bits per heavy atom. The largest absolute Gasteiger partial charge is 0.493 e. The summed E-state index contributed by atoms with van der Waals surface area (Å²) in [5, 5.41) is 3.20. The van der Waals surface area contributed by atoms with E-state index < -0.39 is 0 Å². The zero-order valence-corrected chi connectivity index (χ0v) is 14.5. The molecule has 130 valence electrons. The molecule has 0 atom stereocenters. The number of hydrogen-bond donors (Lipinski definition) is 1. The topological polar surface area (TPSA) is 50.8 Å². The van der Waals surface area contributed by atoms with E-state index in [2.05, 4.69) is 5.32 Å². The van der Waals surface area contributed by atoms with Crippen LogP contribution >= 0.6 is 0 Å². The summed E-state index contributed by atoms with van der Waals surface area (Å²) in [7, 11) is 3.61. The van der Waals surface area contributed by atoms with Crippen LogP contribution in [0.4, 0.5) is 0 Å². The van der Waals surface area contributed by atoms with Gasteiger partial charge in [-0.2, -0.15) is 0 Å². The van der Waals surface area contributed by atoms with Gasteiger partial charge in [-0.05, 0) is 50.9 Å². The second kappa shape index (κ2) is 7.71. The number of para-hydroxylation sites is 1. The number of likely N-dealkylation sites (tertiary alicyclic amines) is 1. The summed E-state index contributed by atoms with van der Waals surface area (Å²) in [6.45, 7) is 3.05. The zero-order valence-electron chi connectivity index (χ0n) is 14.5. The number of nitrogens with zero attached hydrogens (tertiary/aromatic N) is 1. The summed E-state index contributed by atoms with van der Waals surface area (Å²) in [6, 6.07) is 5.74. The molecule has 0 aliphatic carbocycles. The highest BCUT2D eigenvalue weighted by molar-refractivity contribution is 5.99. The number of piperidine rings is 1. The van der Waals surface area contributed by atoms with Crippen molar-refractivity contribution in [3.63, 3.8) is 0 Å². The molecule has 5 nitrogen and oxygen atoms in total. The van der Waals surface area contributed by atoms with E-state index >= 15 is 0 Å². The summed E-state index contributed by atoms with van der Waals surface area (Å²) in [5.41, 5.74) is 1.64. The number of amides is 1. The number of carbonyl (C=O) groups excluding carboxylic acids is 1. The van der Waals surface area contributed by atoms with E-state index in [9.17, 15) is 4.79 Å². The van der Waals surface area contributed by atoms with Gasteiger partial charge in [-0.3, -0.25) is 4.79 Å². The van der Waals surface area contributed by atoms with Crippen molar-refractivity contribution in [2.75, 3.05) is 40.4 Å². The molecule has 0 unspecified atom stereocenters. The lowest BCUT2D eigenvalue weighted by molar-refractivity contribution is -0.128. The fourth-order valence-electron chi connectivity index (χ4n) is 3.44. The quantitative estimate of drug-likeness (QED) is 0.900. The zero-order chi connectivity index (χ0) is 16.9. The van der Waals surface area contributed by atoms with Crippen LogP contribution in [0.2, 0.25) is 0 Å². The second-order valence-electron chi connectivity index (χ2n) is 6.46. The van der Waals surface area contributed by atoms with E-state index in [1.54, 1.807) is 7.11 Å². The van der Waals surface area contributed by atoms with Crippen molar-refractivity contribution in [2.45, 2.75) is 19.3 Å². The first-order valence-electron chi connectivity index (χ1n) is 8.67. The van der Waals surface area contributed by atoms with E-state index in [0.29, 0.717) is 12.4 Å². The summed E-state index contributed by atoms with van der Waals surface area (Å²) in [4.78, 5) is 14.7. The van der Waals surface area contributed by atoms with Crippen LogP contribution in [0.5, 0.6) is 11.5 Å². The van der Waals surface area contributed by atoms with E-state index in [1.807, 2.05) is 36.2 Å². The van der Waals surface area contributed by atoms with E-state index in [0.717, 1.165) is 55.3 Å². The number of carbonyl (C=O) groups is 1. The molecule has 1 aromatic carbocycles. The lowest BCUT2D eigenvalue weighted by Gasteiger charge is -2.33. The molecule has 0 spiro atoms. The average molecular weight is 330 g/mol. The van der Waals surface area contributed by atoms with Gasteiger partial charge < -0.3 is 19.7 Å². The predicted molar refractivity (Wildman–Crippen MR) is 94.3 cm³/mol. The summed E-state index contributed by atoms with van der Waals surface area (Å²) >= 11 is 0. The number of fused-ring (bicyclic) bond motifs is 1. The van der Waals surface area contributed by atoms with Crippen molar-refractivity contribution in [2.24, 2.45) is 5.92 Å². The third-order valence-corrected chi connectivity index (χ3v) is 4.91. The highest BCUT2D eigenvalue weighted by Gasteiger charge is 2.27. The van der Waals surface area contributed by atoms with Gasteiger partial charge >= 0.3 is 0 Å². The molecular weight excluding hydrogens is 304 g/mol. The first kappa shape index (κ1) is 16.8. The smallest absolute Gasteiger partial charge is 0.253 e. The molecule has 2 aliphatic heterocycles. The number of methoxy groups -OCH3 is 1. The van der Waals surface area contributed by atoms with Crippen LogP contribution in [0.25, 0.3) is 6.08 Å². The molecule has 3 rings (SSSR count). The van der Waals surface area contributed by atoms with Gasteiger partial charge in [-0.25, -0.2) is 0 Å². The van der Waals surface area contributed by atoms with Gasteiger partial charge in [0.1, 0.15) is 6.61 Å². The Balaban J connectivity index is 1.65. The standard InChI is InChI=1S/C19H26N2O3/c1-20-9-6-14-7-10-21(11-8-14)19(22)16-12-15-4-3-5-17(23-2)18(15)24-13-16/h3-5,12,14,20H,6-11,13H2,1-2H3. The Labute approximate surface area is 143 Å². The lowest BCUT2D eigenvalue weighted by Crippen LogP contribution is -2.40. The SMILES string of the molecule is CNCCC1CCN(C(=O)C2=Cc3cccc(OC)c3OC2)CC1. The first-order valence-corrected chi connectivity index (χ1v) is 8.67. The van der Waals surface area contributed by atoms with Crippen molar-refractivity contribution in [1.29, 1.82) is 0 Å². The lowest BCUT2D eigenvalue weighted by atomic mass is 9.93. The molecule has 5 heteroatoms. The minimum atomic E-state index is 0.107. The highest BCUT2D eigenvalue weighted by atomic mass is 16.5. The number of hydrogen-bond acceptors (Lipinski definition) is 4. The van der Waals surface area contributed by atoms with Crippen molar-refractivity contribution in [3.8, 4) is 11.5 Å². The van der Waals surface area contributed by atoms with Gasteiger partial charge in [-0.1, -0.05) is 12.1 Å². The first-order chi connectivity index (χ1) is 11.7. The molecule has 1 saturated heterocycles. The van der Waals surface area contributed by atoms with Crippen LogP contribution in [0.3, 0.4) is 0 Å². The Morgan fingerprint density at radius 2 is 2.17 bits per heavy atom. The maximum absolute atomic E-state index is 12.8. The predicted octanol–water partition coefficient (Wildman–Crippen LogP) is 2.32. The molecule has 0 radical (unpaired) electrons. The second-order valence-corrected chi connectivity index (χ2v) is 6.46. The third-order valence-electron chi connectivity index (χ3n) is 4.91. The van der Waals surface area contributed by atoms with Gasteiger partial charge in [-0.15, -0.1) is 0 Å². The fourth-order valence-corrected chi connectivity index (χ4v) is 3.44. The van der Waals surface area contributed by atoms with Gasteiger partial charge in [0.2, 0.25) is 0 Å². The van der Waals surface area contributed by atoms with E-state index in [4.69, 9.17) is 9.47 Å².